The molecule has 1 heterocycles. The molecule has 0 saturated heterocycles. The number of aromatic nitrogens is 2. The summed E-state index contributed by atoms with van der Waals surface area (Å²) in [5.74, 6) is -0.242. The topological polar surface area (TPSA) is 102 Å². The number of nitrogens with zero attached hydrogens (tertiary/aromatic N) is 2. The number of nitrogen functional groups attached to an aromatic ring is 1. The minimum atomic E-state index is -0.294. The van der Waals surface area contributed by atoms with Crippen LogP contribution in [0.5, 0.6) is 0 Å². The number of rotatable bonds is 7. The SMILES string of the molecule is CCn1cc(N)c(C(=O)NCCCC(=O)NC2CC2)n1. The van der Waals surface area contributed by atoms with Crippen LogP contribution < -0.4 is 16.4 Å². The fraction of sp³-hybridized carbons (Fsp3) is 0.615. The Hall–Kier alpha value is -2.05. The first-order valence-electron chi connectivity index (χ1n) is 7.00. The summed E-state index contributed by atoms with van der Waals surface area (Å²) in [6, 6.07) is 0.384. The number of nitrogens with one attached hydrogen (secondary N) is 2. The first-order chi connectivity index (χ1) is 9.60. The van der Waals surface area contributed by atoms with Crippen molar-refractivity contribution in [1.82, 2.24) is 20.4 Å². The van der Waals surface area contributed by atoms with Crippen LogP contribution in [0.15, 0.2) is 6.20 Å². The van der Waals surface area contributed by atoms with E-state index in [0.717, 1.165) is 12.8 Å². The highest BCUT2D eigenvalue weighted by atomic mass is 16.2. The molecule has 20 heavy (non-hydrogen) atoms. The fourth-order valence-corrected chi connectivity index (χ4v) is 1.84. The molecule has 0 aliphatic heterocycles. The predicted molar refractivity (Wildman–Crippen MR) is 75.0 cm³/mol. The number of aryl methyl sites for hydroxylation is 1. The van der Waals surface area contributed by atoms with Gasteiger partial charge in [-0.3, -0.25) is 14.3 Å². The van der Waals surface area contributed by atoms with Gasteiger partial charge in [0, 0.05) is 31.7 Å². The Morgan fingerprint density at radius 2 is 2.25 bits per heavy atom. The largest absolute Gasteiger partial charge is 0.396 e. The summed E-state index contributed by atoms with van der Waals surface area (Å²) in [4.78, 5) is 23.3. The van der Waals surface area contributed by atoms with Crippen LogP contribution >= 0.6 is 0 Å². The number of hydrogen-bond donors (Lipinski definition) is 3. The molecule has 2 amide bonds. The van der Waals surface area contributed by atoms with E-state index in [0.29, 0.717) is 37.7 Å². The second kappa shape index (κ2) is 6.40. The van der Waals surface area contributed by atoms with Gasteiger partial charge in [-0.25, -0.2) is 0 Å². The van der Waals surface area contributed by atoms with Crippen molar-refractivity contribution in [2.45, 2.75) is 45.2 Å². The first-order valence-corrected chi connectivity index (χ1v) is 7.00. The van der Waals surface area contributed by atoms with Crippen molar-refractivity contribution in [3.8, 4) is 0 Å². The van der Waals surface area contributed by atoms with Gasteiger partial charge in [0.05, 0.1) is 5.69 Å². The zero-order chi connectivity index (χ0) is 14.5. The Bertz CT molecular complexity index is 493. The molecule has 1 saturated carbocycles. The third-order valence-corrected chi connectivity index (χ3v) is 3.14. The fourth-order valence-electron chi connectivity index (χ4n) is 1.84. The van der Waals surface area contributed by atoms with Crippen molar-refractivity contribution < 1.29 is 9.59 Å². The van der Waals surface area contributed by atoms with E-state index < -0.39 is 0 Å². The van der Waals surface area contributed by atoms with Crippen LogP contribution in [0.3, 0.4) is 0 Å². The summed E-state index contributed by atoms with van der Waals surface area (Å²) in [6.45, 7) is 3.03. The molecule has 0 spiro atoms. The normalized spacial score (nSPS) is 14.1. The zero-order valence-electron chi connectivity index (χ0n) is 11.7. The van der Waals surface area contributed by atoms with Gasteiger partial charge in [-0.1, -0.05) is 0 Å². The Balaban J connectivity index is 1.68. The highest BCUT2D eigenvalue weighted by molar-refractivity contribution is 5.97. The molecule has 110 valence electrons. The maximum atomic E-state index is 11.9. The molecule has 1 aliphatic rings. The van der Waals surface area contributed by atoms with Crippen LogP contribution in [0.1, 0.15) is 43.1 Å². The predicted octanol–water partition coefficient (Wildman–Crippen LogP) is 0.274. The second-order valence-electron chi connectivity index (χ2n) is 4.99. The molecule has 1 aliphatic carbocycles. The molecule has 7 heteroatoms. The van der Waals surface area contributed by atoms with Gasteiger partial charge >= 0.3 is 0 Å². The summed E-state index contributed by atoms with van der Waals surface area (Å²) in [5, 5.41) is 9.72. The van der Waals surface area contributed by atoms with E-state index >= 15 is 0 Å². The van der Waals surface area contributed by atoms with Gasteiger partial charge in [0.25, 0.3) is 5.91 Å². The van der Waals surface area contributed by atoms with Crippen molar-refractivity contribution in [1.29, 1.82) is 0 Å². The molecule has 7 nitrogen and oxygen atoms in total. The third-order valence-electron chi connectivity index (χ3n) is 3.14. The van der Waals surface area contributed by atoms with E-state index in [-0.39, 0.29) is 17.5 Å². The Morgan fingerprint density at radius 1 is 1.50 bits per heavy atom. The van der Waals surface area contributed by atoms with Gasteiger partial charge in [0.2, 0.25) is 5.91 Å². The monoisotopic (exact) mass is 279 g/mol. The molecule has 2 rings (SSSR count). The summed E-state index contributed by atoms with van der Waals surface area (Å²) in [6.07, 6.45) is 4.84. The van der Waals surface area contributed by atoms with Crippen molar-refractivity contribution in [2.75, 3.05) is 12.3 Å². The van der Waals surface area contributed by atoms with E-state index in [9.17, 15) is 9.59 Å². The molecule has 0 bridgehead atoms. The molecule has 0 radical (unpaired) electrons. The number of carbonyl (C=O) groups is 2. The lowest BCUT2D eigenvalue weighted by atomic mass is 10.3. The number of amides is 2. The molecule has 4 N–H and O–H groups in total. The maximum absolute atomic E-state index is 11.9. The standard InChI is InChI=1S/C13H21N5O2/c1-2-18-8-10(14)12(17-18)13(20)15-7-3-4-11(19)16-9-5-6-9/h8-9H,2-7,14H2,1H3,(H,15,20)(H,16,19). The van der Waals surface area contributed by atoms with E-state index in [1.807, 2.05) is 6.92 Å². The van der Waals surface area contributed by atoms with Crippen molar-refractivity contribution in [3.05, 3.63) is 11.9 Å². The van der Waals surface area contributed by atoms with Gasteiger partial charge in [-0.15, -0.1) is 0 Å². The van der Waals surface area contributed by atoms with Gasteiger partial charge < -0.3 is 16.4 Å². The minimum absolute atomic E-state index is 0.0523. The van der Waals surface area contributed by atoms with Crippen LogP contribution in [0, 0.1) is 0 Å². The highest BCUT2D eigenvalue weighted by Crippen LogP contribution is 2.18. The molecule has 1 aromatic rings. The van der Waals surface area contributed by atoms with E-state index in [4.69, 9.17) is 5.73 Å². The lowest BCUT2D eigenvalue weighted by molar-refractivity contribution is -0.121. The van der Waals surface area contributed by atoms with Gasteiger partial charge in [-0.2, -0.15) is 5.10 Å². The minimum Gasteiger partial charge on any atom is -0.396 e. The van der Waals surface area contributed by atoms with E-state index in [2.05, 4.69) is 15.7 Å². The third kappa shape index (κ3) is 3.97. The highest BCUT2D eigenvalue weighted by Gasteiger charge is 2.22. The molecular formula is C13H21N5O2. The quantitative estimate of drug-likeness (QED) is 0.624. The number of anilines is 1. The van der Waals surface area contributed by atoms with Crippen molar-refractivity contribution in [2.24, 2.45) is 0 Å². The Kier molecular flexibility index (Phi) is 4.60. The van der Waals surface area contributed by atoms with Crippen molar-refractivity contribution >= 4 is 17.5 Å². The summed E-state index contributed by atoms with van der Waals surface area (Å²) in [5.41, 5.74) is 6.34. The first kappa shape index (κ1) is 14.4. The lowest BCUT2D eigenvalue weighted by Gasteiger charge is -2.05. The van der Waals surface area contributed by atoms with Crippen LogP contribution in [0.25, 0.3) is 0 Å². The van der Waals surface area contributed by atoms with Crippen molar-refractivity contribution in [3.63, 3.8) is 0 Å². The summed E-state index contributed by atoms with van der Waals surface area (Å²) < 4.78 is 1.62. The maximum Gasteiger partial charge on any atom is 0.273 e. The number of hydrogen-bond acceptors (Lipinski definition) is 4. The smallest absolute Gasteiger partial charge is 0.273 e. The molecule has 0 atom stereocenters. The molecule has 1 aromatic heterocycles. The summed E-state index contributed by atoms with van der Waals surface area (Å²) >= 11 is 0. The molecular weight excluding hydrogens is 258 g/mol. The molecule has 0 aromatic carbocycles. The van der Waals surface area contributed by atoms with Gasteiger partial charge in [-0.05, 0) is 26.2 Å². The Morgan fingerprint density at radius 3 is 2.85 bits per heavy atom. The number of nitrogens with two attached hydrogens (primary N) is 1. The molecule has 0 unspecified atom stereocenters. The van der Waals surface area contributed by atoms with Crippen LogP contribution in [0.2, 0.25) is 0 Å². The molecule has 1 fully saturated rings. The number of carbonyl (C=O) groups excluding carboxylic acids is 2. The average molecular weight is 279 g/mol. The van der Waals surface area contributed by atoms with Crippen LogP contribution in [-0.2, 0) is 11.3 Å². The van der Waals surface area contributed by atoms with Gasteiger partial charge in [0.1, 0.15) is 0 Å². The Labute approximate surface area is 117 Å². The zero-order valence-corrected chi connectivity index (χ0v) is 11.7. The van der Waals surface area contributed by atoms with Gasteiger partial charge in [0.15, 0.2) is 5.69 Å². The lowest BCUT2D eigenvalue weighted by Crippen LogP contribution is -2.29. The average Bonchev–Trinajstić information content (AvgIpc) is 3.14. The van der Waals surface area contributed by atoms with Crippen LogP contribution in [0.4, 0.5) is 5.69 Å². The second-order valence-corrected chi connectivity index (χ2v) is 4.99. The van der Waals surface area contributed by atoms with Crippen LogP contribution in [-0.4, -0.2) is 34.2 Å². The van der Waals surface area contributed by atoms with E-state index in [1.165, 1.54) is 0 Å². The van der Waals surface area contributed by atoms with E-state index in [1.54, 1.807) is 10.9 Å². The summed E-state index contributed by atoms with van der Waals surface area (Å²) in [7, 11) is 0.